The summed E-state index contributed by atoms with van der Waals surface area (Å²) in [4.78, 5) is 18.3. The summed E-state index contributed by atoms with van der Waals surface area (Å²) < 4.78 is 3.55. The van der Waals surface area contributed by atoms with Gasteiger partial charge in [-0.3, -0.25) is 0 Å². The van der Waals surface area contributed by atoms with Gasteiger partial charge in [0.25, 0.3) is 0 Å². The lowest BCUT2D eigenvalue weighted by atomic mass is 10.1. The van der Waals surface area contributed by atoms with Crippen molar-refractivity contribution in [2.24, 2.45) is 0 Å². The molecule has 6 aromatic rings. The van der Waals surface area contributed by atoms with Crippen molar-refractivity contribution in [2.75, 3.05) is 73.6 Å². The van der Waals surface area contributed by atoms with Crippen LogP contribution in [0, 0.1) is 0 Å². The van der Waals surface area contributed by atoms with Gasteiger partial charge in [-0.2, -0.15) is 0 Å². The van der Waals surface area contributed by atoms with Gasteiger partial charge < -0.3 is 31.1 Å². The fourth-order valence-electron chi connectivity index (χ4n) is 7.77. The van der Waals surface area contributed by atoms with Crippen LogP contribution >= 0.6 is 0 Å². The van der Waals surface area contributed by atoms with E-state index in [2.05, 4.69) is 76.0 Å². The van der Waals surface area contributed by atoms with E-state index in [1.165, 1.54) is 77.8 Å². The number of benzene rings is 4. The summed E-state index contributed by atoms with van der Waals surface area (Å²) >= 11 is 0. The molecule has 58 heavy (non-hydrogen) atoms. The van der Waals surface area contributed by atoms with Gasteiger partial charge in [0.2, 0.25) is 0 Å². The Morgan fingerprint density at radius 2 is 0.948 bits per heavy atom. The van der Waals surface area contributed by atoms with Gasteiger partial charge in [0.1, 0.15) is 11.4 Å². The Kier molecular flexibility index (Phi) is 13.0. The van der Waals surface area contributed by atoms with Gasteiger partial charge >= 0.3 is 6.03 Å². The molecular formula is C45H54N12O. The Labute approximate surface area is 340 Å². The monoisotopic (exact) mass is 778 g/mol. The molecule has 13 nitrogen and oxygen atoms in total. The first-order chi connectivity index (χ1) is 28.6. The molecule has 0 spiro atoms. The molecule has 2 aliphatic rings. The van der Waals surface area contributed by atoms with Gasteiger partial charge in [-0.05, 0) is 151 Å². The number of anilines is 4. The topological polar surface area (TPSA) is 133 Å². The molecule has 0 bridgehead atoms. The second kappa shape index (κ2) is 19.4. The van der Waals surface area contributed by atoms with Gasteiger partial charge in [-0.15, -0.1) is 10.2 Å². The molecule has 2 saturated heterocycles. The predicted octanol–water partition coefficient (Wildman–Crippen LogP) is 8.40. The largest absolute Gasteiger partial charge is 0.385 e. The van der Waals surface area contributed by atoms with Crippen molar-refractivity contribution in [1.82, 2.24) is 39.8 Å². The normalized spacial score (nSPS) is 14.5. The minimum atomic E-state index is -0.359. The van der Waals surface area contributed by atoms with E-state index < -0.39 is 0 Å². The SMILES string of the molecule is O=C(Nc1cccc(-c2cn(-c3cccc(NCCCCN4CCCC4)c3)nn2)c1)Nc1cccc(-c2cn(-c3cccc(NCCCCN4CCCC4)c3)nn2)c1. The van der Waals surface area contributed by atoms with E-state index in [0.29, 0.717) is 22.8 Å². The van der Waals surface area contributed by atoms with Crippen LogP contribution in [0.5, 0.6) is 0 Å². The van der Waals surface area contributed by atoms with E-state index in [1.807, 2.05) is 85.2 Å². The second-order valence-electron chi connectivity index (χ2n) is 15.3. The molecule has 2 fully saturated rings. The average Bonchev–Trinajstić information content (AvgIpc) is 4.10. The maximum Gasteiger partial charge on any atom is 0.323 e. The number of hydrogen-bond donors (Lipinski definition) is 4. The second-order valence-corrected chi connectivity index (χ2v) is 15.3. The lowest BCUT2D eigenvalue weighted by molar-refractivity contribution is 0.262. The number of urea groups is 1. The molecule has 4 aromatic carbocycles. The minimum absolute atomic E-state index is 0.359. The molecule has 0 saturated carbocycles. The van der Waals surface area contributed by atoms with Crippen LogP contribution in [0.4, 0.5) is 27.5 Å². The van der Waals surface area contributed by atoms with E-state index in [1.54, 1.807) is 9.36 Å². The van der Waals surface area contributed by atoms with Crippen LogP contribution in [-0.2, 0) is 0 Å². The lowest BCUT2D eigenvalue weighted by Gasteiger charge is -2.14. The lowest BCUT2D eigenvalue weighted by Crippen LogP contribution is -2.20. The molecule has 0 radical (unpaired) electrons. The summed E-state index contributed by atoms with van der Waals surface area (Å²) in [6.07, 6.45) is 13.9. The third-order valence-electron chi connectivity index (χ3n) is 10.9. The first-order valence-electron chi connectivity index (χ1n) is 20.9. The van der Waals surface area contributed by atoms with Crippen LogP contribution in [0.15, 0.2) is 109 Å². The molecule has 4 heterocycles. The van der Waals surface area contributed by atoms with Crippen molar-refractivity contribution >= 4 is 28.8 Å². The number of nitrogens with zero attached hydrogens (tertiary/aromatic N) is 8. The molecule has 8 rings (SSSR count). The smallest absolute Gasteiger partial charge is 0.323 e. The number of hydrogen-bond acceptors (Lipinski definition) is 9. The zero-order valence-electron chi connectivity index (χ0n) is 33.2. The number of carbonyl (C=O) groups excluding carboxylic acids is 1. The zero-order valence-corrected chi connectivity index (χ0v) is 33.2. The van der Waals surface area contributed by atoms with E-state index in [4.69, 9.17) is 0 Å². The number of carbonyl (C=O) groups is 1. The number of nitrogens with one attached hydrogen (secondary N) is 4. The molecule has 2 aromatic heterocycles. The molecule has 0 aliphatic carbocycles. The van der Waals surface area contributed by atoms with Gasteiger partial charge in [0.15, 0.2) is 0 Å². The Balaban J connectivity index is 0.824. The maximum atomic E-state index is 13.2. The zero-order chi connectivity index (χ0) is 39.4. The Morgan fingerprint density at radius 3 is 1.41 bits per heavy atom. The van der Waals surface area contributed by atoms with Crippen LogP contribution < -0.4 is 21.3 Å². The highest BCUT2D eigenvalue weighted by Crippen LogP contribution is 2.25. The summed E-state index contributed by atoms with van der Waals surface area (Å²) in [6.45, 7) is 9.28. The summed E-state index contributed by atoms with van der Waals surface area (Å²) in [5.74, 6) is 0. The number of amides is 2. The summed E-state index contributed by atoms with van der Waals surface area (Å²) in [5.41, 5.74) is 8.35. The van der Waals surface area contributed by atoms with Gasteiger partial charge in [0, 0.05) is 47.0 Å². The van der Waals surface area contributed by atoms with Crippen molar-refractivity contribution in [3.05, 3.63) is 109 Å². The number of rotatable bonds is 18. The van der Waals surface area contributed by atoms with Crippen molar-refractivity contribution in [3.8, 4) is 33.9 Å². The molecule has 0 atom stereocenters. The average molecular weight is 779 g/mol. The standard InChI is InChI=1S/C45H54N12O/c58-45(48-39-17-9-13-35(29-39)43-33-56(52-50-43)41-19-11-15-37(31-41)46-21-1-3-23-54-25-5-6-26-54)49-40-18-10-14-36(30-40)44-34-57(53-51-44)42-20-12-16-38(32-42)47-22-2-4-24-55-27-7-8-28-55/h9-20,29-34,46-47H,1-8,21-28H2,(H2,48,49,58). The molecule has 300 valence electrons. The highest BCUT2D eigenvalue weighted by atomic mass is 16.2. The Hall–Kier alpha value is -6.05. The first-order valence-corrected chi connectivity index (χ1v) is 20.9. The van der Waals surface area contributed by atoms with Crippen LogP contribution in [0.2, 0.25) is 0 Å². The molecule has 2 amide bonds. The fourth-order valence-corrected chi connectivity index (χ4v) is 7.77. The number of likely N-dealkylation sites (tertiary alicyclic amines) is 2. The van der Waals surface area contributed by atoms with E-state index in [9.17, 15) is 4.79 Å². The van der Waals surface area contributed by atoms with Crippen molar-refractivity contribution in [3.63, 3.8) is 0 Å². The van der Waals surface area contributed by atoms with E-state index in [0.717, 1.165) is 59.8 Å². The summed E-state index contributed by atoms with van der Waals surface area (Å²) in [5, 5.41) is 30.7. The quantitative estimate of drug-likeness (QED) is 0.0635. The number of unbranched alkanes of at least 4 members (excludes halogenated alkanes) is 2. The molecule has 2 aliphatic heterocycles. The molecule has 13 heteroatoms. The maximum absolute atomic E-state index is 13.2. The fraction of sp³-hybridized carbons (Fsp3) is 0.356. The molecular weight excluding hydrogens is 725 g/mol. The Bertz CT molecular complexity index is 2080. The highest BCUT2D eigenvalue weighted by molar-refractivity contribution is 6.00. The van der Waals surface area contributed by atoms with Crippen molar-refractivity contribution in [1.29, 1.82) is 0 Å². The van der Waals surface area contributed by atoms with Gasteiger partial charge in [0.05, 0.1) is 23.8 Å². The van der Waals surface area contributed by atoms with Gasteiger partial charge in [-0.1, -0.05) is 46.8 Å². The van der Waals surface area contributed by atoms with E-state index >= 15 is 0 Å². The van der Waals surface area contributed by atoms with Crippen LogP contribution in [0.3, 0.4) is 0 Å². The minimum Gasteiger partial charge on any atom is -0.385 e. The van der Waals surface area contributed by atoms with E-state index in [-0.39, 0.29) is 6.03 Å². The molecule has 4 N–H and O–H groups in total. The third-order valence-corrected chi connectivity index (χ3v) is 10.9. The third kappa shape index (κ3) is 10.7. The first kappa shape index (κ1) is 38.8. The summed E-state index contributed by atoms with van der Waals surface area (Å²) in [6, 6.07) is 31.3. The summed E-state index contributed by atoms with van der Waals surface area (Å²) in [7, 11) is 0. The highest BCUT2D eigenvalue weighted by Gasteiger charge is 2.13. The van der Waals surface area contributed by atoms with Crippen molar-refractivity contribution in [2.45, 2.75) is 51.4 Å². The van der Waals surface area contributed by atoms with Gasteiger partial charge in [-0.25, -0.2) is 14.2 Å². The molecule has 0 unspecified atom stereocenters. The Morgan fingerprint density at radius 1 is 0.517 bits per heavy atom. The van der Waals surface area contributed by atoms with Crippen LogP contribution in [0.25, 0.3) is 33.9 Å². The predicted molar refractivity (Wildman–Crippen MR) is 233 cm³/mol. The van der Waals surface area contributed by atoms with Crippen LogP contribution in [0.1, 0.15) is 51.4 Å². The number of aromatic nitrogens is 6. The van der Waals surface area contributed by atoms with Crippen LogP contribution in [-0.4, -0.2) is 98.2 Å². The van der Waals surface area contributed by atoms with Crippen molar-refractivity contribution < 1.29 is 4.79 Å².